The van der Waals surface area contributed by atoms with Crippen LogP contribution in [0.4, 0.5) is 4.39 Å². The molecule has 0 aliphatic heterocycles. The molecular formula is C13H15FN2O2. The predicted octanol–water partition coefficient (Wildman–Crippen LogP) is 2.38. The van der Waals surface area contributed by atoms with Gasteiger partial charge in [-0.1, -0.05) is 0 Å². The Morgan fingerprint density at radius 1 is 1.44 bits per heavy atom. The van der Waals surface area contributed by atoms with Crippen LogP contribution in [0.2, 0.25) is 0 Å². The van der Waals surface area contributed by atoms with Crippen molar-refractivity contribution in [3.8, 4) is 17.0 Å². The first kappa shape index (κ1) is 12.6. The molecule has 18 heavy (non-hydrogen) atoms. The van der Waals surface area contributed by atoms with Crippen LogP contribution in [0.1, 0.15) is 12.8 Å². The molecule has 1 aromatic heterocycles. The zero-order valence-electron chi connectivity index (χ0n) is 10.1. The van der Waals surface area contributed by atoms with Gasteiger partial charge in [-0.05, 0) is 25.1 Å². The van der Waals surface area contributed by atoms with Gasteiger partial charge in [0.05, 0.1) is 6.61 Å². The molecule has 0 saturated carbocycles. The van der Waals surface area contributed by atoms with E-state index in [1.54, 1.807) is 12.1 Å². The van der Waals surface area contributed by atoms with Crippen molar-refractivity contribution in [3.05, 3.63) is 36.2 Å². The summed E-state index contributed by atoms with van der Waals surface area (Å²) in [7, 11) is 0. The standard InChI is InChI=1S/C13H15FN2O2/c1-2-17-12-4-3-9(7-10(12)14)11-8-18-13(16-11)5-6-15/h3-4,7-8H,2,5-6,15H2,1H3. The number of halogens is 1. The number of ether oxygens (including phenoxy) is 1. The van der Waals surface area contributed by atoms with Crippen molar-refractivity contribution in [1.29, 1.82) is 0 Å². The van der Waals surface area contributed by atoms with Crippen LogP contribution in [0, 0.1) is 5.82 Å². The molecule has 0 fully saturated rings. The average Bonchev–Trinajstić information content (AvgIpc) is 2.81. The Morgan fingerprint density at radius 2 is 2.28 bits per heavy atom. The van der Waals surface area contributed by atoms with E-state index in [0.29, 0.717) is 36.7 Å². The zero-order chi connectivity index (χ0) is 13.0. The second kappa shape index (κ2) is 5.64. The van der Waals surface area contributed by atoms with E-state index in [2.05, 4.69) is 4.98 Å². The summed E-state index contributed by atoms with van der Waals surface area (Å²) >= 11 is 0. The highest BCUT2D eigenvalue weighted by Crippen LogP contribution is 2.25. The van der Waals surface area contributed by atoms with E-state index < -0.39 is 5.82 Å². The van der Waals surface area contributed by atoms with Crippen LogP contribution in [-0.2, 0) is 6.42 Å². The van der Waals surface area contributed by atoms with Crippen LogP contribution in [0.25, 0.3) is 11.3 Å². The lowest BCUT2D eigenvalue weighted by Crippen LogP contribution is -2.02. The van der Waals surface area contributed by atoms with Crippen molar-refractivity contribution in [3.63, 3.8) is 0 Å². The van der Waals surface area contributed by atoms with Gasteiger partial charge in [0.15, 0.2) is 17.5 Å². The molecule has 1 aromatic carbocycles. The lowest BCUT2D eigenvalue weighted by atomic mass is 10.1. The zero-order valence-corrected chi connectivity index (χ0v) is 10.1. The summed E-state index contributed by atoms with van der Waals surface area (Å²) in [5, 5.41) is 0. The third-order valence-electron chi connectivity index (χ3n) is 2.44. The Morgan fingerprint density at radius 3 is 2.94 bits per heavy atom. The van der Waals surface area contributed by atoms with Crippen LogP contribution in [0.5, 0.6) is 5.75 Å². The summed E-state index contributed by atoms with van der Waals surface area (Å²) in [4.78, 5) is 4.23. The second-order valence-corrected chi connectivity index (χ2v) is 3.74. The molecule has 0 aliphatic rings. The number of rotatable bonds is 5. The van der Waals surface area contributed by atoms with E-state index in [0.717, 1.165) is 0 Å². The van der Waals surface area contributed by atoms with Gasteiger partial charge in [0.25, 0.3) is 0 Å². The molecule has 0 radical (unpaired) electrons. The van der Waals surface area contributed by atoms with Crippen molar-refractivity contribution in [2.45, 2.75) is 13.3 Å². The van der Waals surface area contributed by atoms with Gasteiger partial charge in [0, 0.05) is 18.5 Å². The molecule has 96 valence electrons. The highest BCUT2D eigenvalue weighted by Gasteiger charge is 2.09. The van der Waals surface area contributed by atoms with E-state index >= 15 is 0 Å². The number of aromatic nitrogens is 1. The summed E-state index contributed by atoms with van der Waals surface area (Å²) in [6.45, 7) is 2.71. The first-order valence-electron chi connectivity index (χ1n) is 5.81. The minimum Gasteiger partial charge on any atom is -0.491 e. The maximum atomic E-state index is 13.7. The molecule has 1 heterocycles. The Hall–Kier alpha value is -1.88. The molecule has 2 rings (SSSR count). The van der Waals surface area contributed by atoms with Gasteiger partial charge in [-0.2, -0.15) is 0 Å². The number of hydrogen-bond acceptors (Lipinski definition) is 4. The summed E-state index contributed by atoms with van der Waals surface area (Å²) in [5.74, 6) is 0.395. The van der Waals surface area contributed by atoms with E-state index in [-0.39, 0.29) is 5.75 Å². The largest absolute Gasteiger partial charge is 0.491 e. The SMILES string of the molecule is CCOc1ccc(-c2coc(CCN)n2)cc1F. The van der Waals surface area contributed by atoms with E-state index in [1.807, 2.05) is 6.92 Å². The van der Waals surface area contributed by atoms with E-state index in [9.17, 15) is 4.39 Å². The lowest BCUT2D eigenvalue weighted by Gasteiger charge is -2.05. The maximum Gasteiger partial charge on any atom is 0.195 e. The first-order chi connectivity index (χ1) is 8.74. The van der Waals surface area contributed by atoms with Crippen LogP contribution >= 0.6 is 0 Å². The molecule has 2 N–H and O–H groups in total. The molecule has 5 heteroatoms. The minimum absolute atomic E-state index is 0.243. The van der Waals surface area contributed by atoms with Crippen LogP contribution in [-0.4, -0.2) is 18.1 Å². The Kier molecular flexibility index (Phi) is 3.94. The third kappa shape index (κ3) is 2.68. The number of oxazole rings is 1. The van der Waals surface area contributed by atoms with E-state index in [1.165, 1.54) is 12.3 Å². The fraction of sp³-hybridized carbons (Fsp3) is 0.308. The quantitative estimate of drug-likeness (QED) is 0.885. The average molecular weight is 250 g/mol. The fourth-order valence-electron chi connectivity index (χ4n) is 1.61. The van der Waals surface area contributed by atoms with Crippen molar-refractivity contribution >= 4 is 0 Å². The normalized spacial score (nSPS) is 10.6. The van der Waals surface area contributed by atoms with Gasteiger partial charge < -0.3 is 14.9 Å². The smallest absolute Gasteiger partial charge is 0.195 e. The molecule has 0 atom stereocenters. The van der Waals surface area contributed by atoms with Crippen LogP contribution in [0.3, 0.4) is 0 Å². The van der Waals surface area contributed by atoms with Gasteiger partial charge in [0.2, 0.25) is 0 Å². The van der Waals surface area contributed by atoms with Gasteiger partial charge in [-0.25, -0.2) is 9.37 Å². The topological polar surface area (TPSA) is 61.3 Å². The summed E-state index contributed by atoms with van der Waals surface area (Å²) < 4.78 is 24.0. The molecule has 0 saturated heterocycles. The van der Waals surface area contributed by atoms with Gasteiger partial charge >= 0.3 is 0 Å². The fourth-order valence-corrected chi connectivity index (χ4v) is 1.61. The maximum absolute atomic E-state index is 13.7. The van der Waals surface area contributed by atoms with Gasteiger partial charge in [0.1, 0.15) is 12.0 Å². The molecule has 0 bridgehead atoms. The highest BCUT2D eigenvalue weighted by molar-refractivity contribution is 5.59. The number of nitrogens with zero attached hydrogens (tertiary/aromatic N) is 1. The summed E-state index contributed by atoms with van der Waals surface area (Å²) in [5.41, 5.74) is 6.66. The van der Waals surface area contributed by atoms with Crippen molar-refractivity contribution in [2.75, 3.05) is 13.2 Å². The molecule has 0 spiro atoms. The van der Waals surface area contributed by atoms with Crippen LogP contribution in [0.15, 0.2) is 28.9 Å². The molecular weight excluding hydrogens is 235 g/mol. The number of benzene rings is 1. The lowest BCUT2D eigenvalue weighted by molar-refractivity contribution is 0.321. The summed E-state index contributed by atoms with van der Waals surface area (Å²) in [6.07, 6.45) is 2.07. The number of nitrogens with two attached hydrogens (primary N) is 1. The predicted molar refractivity (Wildman–Crippen MR) is 65.8 cm³/mol. The second-order valence-electron chi connectivity index (χ2n) is 3.74. The Bertz CT molecular complexity index is 525. The van der Waals surface area contributed by atoms with Crippen molar-refractivity contribution in [1.82, 2.24) is 4.98 Å². The molecule has 2 aromatic rings. The van der Waals surface area contributed by atoms with Crippen LogP contribution < -0.4 is 10.5 Å². The van der Waals surface area contributed by atoms with Gasteiger partial charge in [-0.3, -0.25) is 0 Å². The minimum atomic E-state index is -0.405. The van der Waals surface area contributed by atoms with Gasteiger partial charge in [-0.15, -0.1) is 0 Å². The number of hydrogen-bond donors (Lipinski definition) is 1. The Balaban J connectivity index is 2.24. The van der Waals surface area contributed by atoms with E-state index in [4.69, 9.17) is 14.9 Å². The van der Waals surface area contributed by atoms with Crippen molar-refractivity contribution < 1.29 is 13.5 Å². The molecule has 0 amide bonds. The highest BCUT2D eigenvalue weighted by atomic mass is 19.1. The van der Waals surface area contributed by atoms with Crippen molar-refractivity contribution in [2.24, 2.45) is 5.73 Å². The molecule has 0 unspecified atom stereocenters. The first-order valence-corrected chi connectivity index (χ1v) is 5.81. The molecule has 0 aliphatic carbocycles. The Labute approximate surface area is 105 Å². The summed E-state index contributed by atoms with van der Waals surface area (Å²) in [6, 6.07) is 4.72. The third-order valence-corrected chi connectivity index (χ3v) is 2.44. The monoisotopic (exact) mass is 250 g/mol. The molecule has 4 nitrogen and oxygen atoms in total.